The molecule has 2 aromatic rings. The van der Waals surface area contributed by atoms with E-state index in [0.717, 1.165) is 5.56 Å². The number of fused-ring (bicyclic) bond motifs is 1. The molecular weight excluding hydrogens is 367 g/mol. The third-order valence-electron chi connectivity index (χ3n) is 4.89. The second-order valence-electron chi connectivity index (χ2n) is 6.44. The molecule has 7 heteroatoms. The minimum absolute atomic E-state index is 0.0222. The number of benzene rings is 2. The molecule has 1 heterocycles. The topological polar surface area (TPSA) is 57.7 Å². The molecule has 0 saturated heterocycles. The van der Waals surface area contributed by atoms with Crippen LogP contribution in [0.1, 0.15) is 25.0 Å². The SMILES string of the molecule is CCN(CC)S(=O)(=O)c1ccc2c(c1)CCN2C(=O)Cc1ccccc1F. The molecule has 0 radical (unpaired) electrons. The fourth-order valence-corrected chi connectivity index (χ4v) is 4.92. The molecule has 3 rings (SSSR count). The second kappa shape index (κ2) is 7.78. The number of amides is 1. The van der Waals surface area contributed by atoms with Gasteiger partial charge in [-0.25, -0.2) is 12.8 Å². The molecule has 0 bridgehead atoms. The lowest BCUT2D eigenvalue weighted by molar-refractivity contribution is -0.117. The number of carbonyl (C=O) groups is 1. The zero-order valence-electron chi connectivity index (χ0n) is 15.5. The van der Waals surface area contributed by atoms with Gasteiger partial charge in [0.2, 0.25) is 15.9 Å². The number of rotatable bonds is 6. The van der Waals surface area contributed by atoms with E-state index in [1.807, 2.05) is 0 Å². The predicted molar refractivity (Wildman–Crippen MR) is 103 cm³/mol. The van der Waals surface area contributed by atoms with Crippen LogP contribution in [0, 0.1) is 5.82 Å². The highest BCUT2D eigenvalue weighted by Crippen LogP contribution is 2.31. The maximum Gasteiger partial charge on any atom is 0.243 e. The molecule has 0 aliphatic carbocycles. The van der Waals surface area contributed by atoms with Gasteiger partial charge in [-0.3, -0.25) is 4.79 Å². The maximum absolute atomic E-state index is 13.8. The smallest absolute Gasteiger partial charge is 0.243 e. The lowest BCUT2D eigenvalue weighted by atomic mass is 10.1. The number of carbonyl (C=O) groups excluding carboxylic acids is 1. The zero-order chi connectivity index (χ0) is 19.6. The molecule has 0 aromatic heterocycles. The van der Waals surface area contributed by atoms with Crippen LogP contribution in [0.15, 0.2) is 47.4 Å². The summed E-state index contributed by atoms with van der Waals surface area (Å²) in [5.74, 6) is -0.593. The number of hydrogen-bond acceptors (Lipinski definition) is 3. The minimum atomic E-state index is -3.53. The van der Waals surface area contributed by atoms with Gasteiger partial charge in [0.15, 0.2) is 0 Å². The largest absolute Gasteiger partial charge is 0.312 e. The van der Waals surface area contributed by atoms with Gasteiger partial charge in [-0.2, -0.15) is 4.31 Å². The Morgan fingerprint density at radius 1 is 1.15 bits per heavy atom. The molecule has 1 aliphatic rings. The van der Waals surface area contributed by atoms with Crippen LogP contribution in [0.25, 0.3) is 0 Å². The summed E-state index contributed by atoms with van der Waals surface area (Å²) >= 11 is 0. The van der Waals surface area contributed by atoms with Gasteiger partial charge in [-0.05, 0) is 41.8 Å². The molecule has 0 spiro atoms. The van der Waals surface area contributed by atoms with Gasteiger partial charge in [-0.15, -0.1) is 0 Å². The van der Waals surface area contributed by atoms with Crippen molar-refractivity contribution in [2.24, 2.45) is 0 Å². The van der Waals surface area contributed by atoms with E-state index in [-0.39, 0.29) is 17.2 Å². The van der Waals surface area contributed by atoms with E-state index in [0.29, 0.717) is 37.3 Å². The molecule has 0 atom stereocenters. The van der Waals surface area contributed by atoms with Crippen molar-refractivity contribution in [3.63, 3.8) is 0 Å². The van der Waals surface area contributed by atoms with Gasteiger partial charge in [0, 0.05) is 25.3 Å². The first kappa shape index (κ1) is 19.5. The van der Waals surface area contributed by atoms with Crippen LogP contribution in [0.3, 0.4) is 0 Å². The number of hydrogen-bond donors (Lipinski definition) is 0. The van der Waals surface area contributed by atoms with E-state index in [1.54, 1.807) is 55.1 Å². The molecule has 144 valence electrons. The standard InChI is InChI=1S/C20H23FN2O3S/c1-3-22(4-2)27(25,26)17-9-10-19-16(13-17)11-12-23(19)20(24)14-15-7-5-6-8-18(15)21/h5-10,13H,3-4,11-12,14H2,1-2H3. The monoisotopic (exact) mass is 390 g/mol. The first-order valence-corrected chi connectivity index (χ1v) is 10.5. The Labute approximate surface area is 159 Å². The van der Waals surface area contributed by atoms with Crippen molar-refractivity contribution < 1.29 is 17.6 Å². The summed E-state index contributed by atoms with van der Waals surface area (Å²) in [6.07, 6.45) is 0.561. The number of nitrogens with zero attached hydrogens (tertiary/aromatic N) is 2. The van der Waals surface area contributed by atoms with E-state index in [1.165, 1.54) is 10.4 Å². The number of sulfonamides is 1. The van der Waals surface area contributed by atoms with Crippen LogP contribution >= 0.6 is 0 Å². The molecule has 2 aromatic carbocycles. The fraction of sp³-hybridized carbons (Fsp3) is 0.350. The molecular formula is C20H23FN2O3S. The Morgan fingerprint density at radius 3 is 2.52 bits per heavy atom. The average molecular weight is 390 g/mol. The minimum Gasteiger partial charge on any atom is -0.312 e. The highest BCUT2D eigenvalue weighted by Gasteiger charge is 2.28. The molecule has 0 unspecified atom stereocenters. The molecule has 1 aliphatic heterocycles. The first-order valence-electron chi connectivity index (χ1n) is 9.05. The van der Waals surface area contributed by atoms with Gasteiger partial charge in [0.05, 0.1) is 11.3 Å². The van der Waals surface area contributed by atoms with Crippen LogP contribution in [0.2, 0.25) is 0 Å². The summed E-state index contributed by atoms with van der Waals surface area (Å²) < 4.78 is 40.6. The highest BCUT2D eigenvalue weighted by atomic mass is 32.2. The number of anilines is 1. The van der Waals surface area contributed by atoms with Crippen molar-refractivity contribution in [1.29, 1.82) is 0 Å². The second-order valence-corrected chi connectivity index (χ2v) is 8.38. The summed E-state index contributed by atoms with van der Waals surface area (Å²) in [5, 5.41) is 0. The Balaban J connectivity index is 1.84. The quantitative estimate of drug-likeness (QED) is 0.762. The summed E-state index contributed by atoms with van der Waals surface area (Å²) in [7, 11) is -3.53. The summed E-state index contributed by atoms with van der Waals surface area (Å²) in [6.45, 7) is 4.89. The third kappa shape index (κ3) is 3.75. The van der Waals surface area contributed by atoms with E-state index < -0.39 is 15.8 Å². The molecule has 0 saturated carbocycles. The van der Waals surface area contributed by atoms with E-state index in [9.17, 15) is 17.6 Å². The van der Waals surface area contributed by atoms with Crippen LogP contribution in [-0.2, 0) is 27.7 Å². The zero-order valence-corrected chi connectivity index (χ0v) is 16.3. The molecule has 1 amide bonds. The lowest BCUT2D eigenvalue weighted by Crippen LogP contribution is -2.31. The summed E-state index contributed by atoms with van der Waals surface area (Å²) in [4.78, 5) is 14.5. The lowest BCUT2D eigenvalue weighted by Gasteiger charge is -2.20. The molecule has 5 nitrogen and oxygen atoms in total. The maximum atomic E-state index is 13.8. The van der Waals surface area contributed by atoms with Crippen molar-refractivity contribution in [3.05, 3.63) is 59.4 Å². The van der Waals surface area contributed by atoms with Crippen molar-refractivity contribution in [3.8, 4) is 0 Å². The Morgan fingerprint density at radius 2 is 1.85 bits per heavy atom. The van der Waals surface area contributed by atoms with E-state index >= 15 is 0 Å². The average Bonchev–Trinajstić information content (AvgIpc) is 3.07. The van der Waals surface area contributed by atoms with E-state index in [4.69, 9.17) is 0 Å². The van der Waals surface area contributed by atoms with Crippen molar-refractivity contribution in [2.45, 2.75) is 31.6 Å². The van der Waals surface area contributed by atoms with Gasteiger partial charge in [0.1, 0.15) is 5.82 Å². The van der Waals surface area contributed by atoms with Crippen LogP contribution in [0.4, 0.5) is 10.1 Å². The Kier molecular flexibility index (Phi) is 5.62. The summed E-state index contributed by atoms with van der Waals surface area (Å²) in [5.41, 5.74) is 1.89. The molecule has 27 heavy (non-hydrogen) atoms. The van der Waals surface area contributed by atoms with Crippen molar-refractivity contribution >= 4 is 21.6 Å². The highest BCUT2D eigenvalue weighted by molar-refractivity contribution is 7.89. The first-order chi connectivity index (χ1) is 12.9. The van der Waals surface area contributed by atoms with Crippen molar-refractivity contribution in [1.82, 2.24) is 4.31 Å². The van der Waals surface area contributed by atoms with Crippen LogP contribution < -0.4 is 4.90 Å². The number of halogens is 1. The normalized spacial score (nSPS) is 13.9. The third-order valence-corrected chi connectivity index (χ3v) is 6.94. The molecule has 0 fully saturated rings. The predicted octanol–water partition coefficient (Wildman–Crippen LogP) is 2.99. The van der Waals surface area contributed by atoms with Crippen LogP contribution in [0.5, 0.6) is 0 Å². The van der Waals surface area contributed by atoms with Gasteiger partial charge >= 0.3 is 0 Å². The molecule has 0 N–H and O–H groups in total. The summed E-state index contributed by atoms with van der Waals surface area (Å²) in [6, 6.07) is 11.1. The van der Waals surface area contributed by atoms with Crippen LogP contribution in [-0.4, -0.2) is 38.3 Å². The Bertz CT molecular complexity index is 955. The van der Waals surface area contributed by atoms with Gasteiger partial charge < -0.3 is 4.90 Å². The van der Waals surface area contributed by atoms with Crippen molar-refractivity contribution in [2.75, 3.05) is 24.5 Å². The fourth-order valence-electron chi connectivity index (χ4n) is 3.41. The van der Waals surface area contributed by atoms with E-state index in [2.05, 4.69) is 0 Å². The van der Waals surface area contributed by atoms with Gasteiger partial charge in [0.25, 0.3) is 0 Å². The van der Waals surface area contributed by atoms with Gasteiger partial charge in [-0.1, -0.05) is 32.0 Å². The Hall–Kier alpha value is -2.25.